The van der Waals surface area contributed by atoms with E-state index in [4.69, 9.17) is 21.7 Å². The van der Waals surface area contributed by atoms with Crippen molar-refractivity contribution in [3.63, 3.8) is 0 Å². The lowest BCUT2D eigenvalue weighted by molar-refractivity contribution is -0.113. The van der Waals surface area contributed by atoms with E-state index in [1.165, 1.54) is 11.8 Å². The van der Waals surface area contributed by atoms with Crippen molar-refractivity contribution in [1.29, 1.82) is 0 Å². The molecule has 1 aliphatic rings. The summed E-state index contributed by atoms with van der Waals surface area (Å²) in [7, 11) is 3.20. The maximum absolute atomic E-state index is 12.9. The molecule has 3 rings (SSSR count). The summed E-state index contributed by atoms with van der Waals surface area (Å²) < 4.78 is 11.2. The zero-order valence-corrected chi connectivity index (χ0v) is 17.0. The van der Waals surface area contributed by atoms with Gasteiger partial charge in [-0.05, 0) is 48.7 Å². The lowest BCUT2D eigenvalue weighted by atomic mass is 10.1. The zero-order chi connectivity index (χ0) is 18.7. The number of hydrogen-bond donors (Lipinski definition) is 0. The second kappa shape index (κ2) is 8.16. The van der Waals surface area contributed by atoms with Gasteiger partial charge in [-0.25, -0.2) is 0 Å². The first-order valence-corrected chi connectivity index (χ1v) is 10.2. The van der Waals surface area contributed by atoms with Gasteiger partial charge in [-0.15, -0.1) is 11.8 Å². The molecule has 1 fully saturated rings. The molecule has 0 atom stereocenters. The number of hydrogen-bond acceptors (Lipinski definition) is 6. The Morgan fingerprint density at radius 1 is 1.15 bits per heavy atom. The molecular weight excluding hydrogens is 386 g/mol. The van der Waals surface area contributed by atoms with Crippen LogP contribution in [0.1, 0.15) is 5.56 Å². The fourth-order valence-corrected chi connectivity index (χ4v) is 4.28. The Balaban J connectivity index is 1.97. The van der Waals surface area contributed by atoms with Crippen LogP contribution in [-0.4, -0.2) is 30.7 Å². The van der Waals surface area contributed by atoms with Crippen molar-refractivity contribution >= 4 is 57.7 Å². The Bertz CT molecular complexity index is 895. The number of anilines is 1. The number of carbonyl (C=O) groups is 1. The number of rotatable bonds is 5. The molecule has 4 nitrogen and oxygen atoms in total. The Kier molecular flexibility index (Phi) is 5.90. The van der Waals surface area contributed by atoms with Crippen LogP contribution in [0.4, 0.5) is 5.69 Å². The van der Waals surface area contributed by atoms with Crippen molar-refractivity contribution in [1.82, 2.24) is 0 Å². The molecule has 26 heavy (non-hydrogen) atoms. The van der Waals surface area contributed by atoms with Gasteiger partial charge in [0.2, 0.25) is 0 Å². The highest BCUT2D eigenvalue weighted by atomic mass is 32.2. The molecule has 134 valence electrons. The number of benzene rings is 2. The van der Waals surface area contributed by atoms with E-state index in [0.29, 0.717) is 20.7 Å². The predicted octanol–water partition coefficient (Wildman–Crippen LogP) is 4.83. The normalized spacial score (nSPS) is 15.7. The highest BCUT2D eigenvalue weighted by molar-refractivity contribution is 8.27. The van der Waals surface area contributed by atoms with Gasteiger partial charge >= 0.3 is 0 Å². The van der Waals surface area contributed by atoms with Crippen LogP contribution in [0.15, 0.2) is 52.3 Å². The standard InChI is InChI=1S/C19H17NO3S3/c1-22-14-7-8-16(23-2)12(9-14)10-17-18(21)20(19(24)26-17)13-5-4-6-15(11-13)25-3/h4-11H,1-3H3/b17-10+. The van der Waals surface area contributed by atoms with E-state index in [0.717, 1.165) is 16.1 Å². The molecule has 1 saturated heterocycles. The van der Waals surface area contributed by atoms with E-state index in [1.807, 2.05) is 48.7 Å². The van der Waals surface area contributed by atoms with Crippen LogP contribution in [0.2, 0.25) is 0 Å². The van der Waals surface area contributed by atoms with Crippen molar-refractivity contribution in [3.8, 4) is 11.5 Å². The molecule has 0 aliphatic carbocycles. The van der Waals surface area contributed by atoms with E-state index in [9.17, 15) is 4.79 Å². The molecule has 0 spiro atoms. The SMILES string of the molecule is COc1ccc(OC)c(/C=C2/SC(=S)N(c3cccc(SC)c3)C2=O)c1. The summed E-state index contributed by atoms with van der Waals surface area (Å²) in [5.74, 6) is 1.23. The maximum Gasteiger partial charge on any atom is 0.270 e. The maximum atomic E-state index is 12.9. The van der Waals surface area contributed by atoms with Crippen molar-refractivity contribution in [2.24, 2.45) is 0 Å². The molecule has 0 unspecified atom stereocenters. The van der Waals surface area contributed by atoms with E-state index in [1.54, 1.807) is 37.0 Å². The Hall–Kier alpha value is -1.96. The Labute approximate surface area is 166 Å². The molecule has 1 amide bonds. The van der Waals surface area contributed by atoms with Crippen molar-refractivity contribution in [2.45, 2.75) is 4.90 Å². The lowest BCUT2D eigenvalue weighted by Crippen LogP contribution is -2.27. The molecule has 0 radical (unpaired) electrons. The molecule has 1 aliphatic heterocycles. The number of carbonyl (C=O) groups excluding carboxylic acids is 1. The third-order valence-corrected chi connectivity index (χ3v) is 5.86. The average Bonchev–Trinajstić information content (AvgIpc) is 2.95. The monoisotopic (exact) mass is 403 g/mol. The largest absolute Gasteiger partial charge is 0.497 e. The summed E-state index contributed by atoms with van der Waals surface area (Å²) in [6.07, 6.45) is 3.79. The van der Waals surface area contributed by atoms with Crippen LogP contribution < -0.4 is 14.4 Å². The minimum absolute atomic E-state index is 0.136. The summed E-state index contributed by atoms with van der Waals surface area (Å²) in [6.45, 7) is 0. The van der Waals surface area contributed by atoms with Crippen LogP contribution in [0, 0.1) is 0 Å². The smallest absolute Gasteiger partial charge is 0.270 e. The number of methoxy groups -OCH3 is 2. The number of thioether (sulfide) groups is 2. The lowest BCUT2D eigenvalue weighted by Gasteiger charge is -2.15. The molecule has 0 saturated carbocycles. The molecule has 7 heteroatoms. The minimum Gasteiger partial charge on any atom is -0.497 e. The van der Waals surface area contributed by atoms with E-state index >= 15 is 0 Å². The first kappa shape index (κ1) is 18.8. The van der Waals surface area contributed by atoms with Crippen LogP contribution in [0.5, 0.6) is 11.5 Å². The van der Waals surface area contributed by atoms with Crippen molar-refractivity contribution in [2.75, 3.05) is 25.4 Å². The number of thiocarbonyl (C=S) groups is 1. The van der Waals surface area contributed by atoms with Gasteiger partial charge < -0.3 is 9.47 Å². The summed E-state index contributed by atoms with van der Waals surface area (Å²) in [5, 5.41) is 0. The fourth-order valence-electron chi connectivity index (χ4n) is 2.53. The zero-order valence-electron chi connectivity index (χ0n) is 14.5. The average molecular weight is 404 g/mol. The van der Waals surface area contributed by atoms with E-state index < -0.39 is 0 Å². The second-order valence-corrected chi connectivity index (χ2v) is 7.88. The topological polar surface area (TPSA) is 38.8 Å². The molecule has 0 N–H and O–H groups in total. The third-order valence-electron chi connectivity index (χ3n) is 3.83. The molecule has 0 aromatic heterocycles. The highest BCUT2D eigenvalue weighted by Crippen LogP contribution is 2.38. The second-order valence-electron chi connectivity index (χ2n) is 5.33. The summed E-state index contributed by atoms with van der Waals surface area (Å²) in [4.78, 5) is 16.1. The Morgan fingerprint density at radius 2 is 1.96 bits per heavy atom. The fraction of sp³-hybridized carbons (Fsp3) is 0.158. The van der Waals surface area contributed by atoms with Gasteiger partial charge in [0.25, 0.3) is 5.91 Å². The van der Waals surface area contributed by atoms with Gasteiger partial charge in [0.15, 0.2) is 4.32 Å². The predicted molar refractivity (Wildman–Crippen MR) is 113 cm³/mol. The van der Waals surface area contributed by atoms with Crippen LogP contribution in [0.25, 0.3) is 6.08 Å². The first-order valence-electron chi connectivity index (χ1n) is 7.71. The molecule has 2 aromatic carbocycles. The van der Waals surface area contributed by atoms with Gasteiger partial charge in [0.1, 0.15) is 11.5 Å². The highest BCUT2D eigenvalue weighted by Gasteiger charge is 2.33. The quantitative estimate of drug-likeness (QED) is 0.404. The van der Waals surface area contributed by atoms with Gasteiger partial charge in [-0.1, -0.05) is 30.0 Å². The van der Waals surface area contributed by atoms with Crippen LogP contribution in [0.3, 0.4) is 0 Å². The van der Waals surface area contributed by atoms with Gasteiger partial charge in [-0.2, -0.15) is 0 Å². The number of amides is 1. The summed E-state index contributed by atoms with van der Waals surface area (Å²) in [6, 6.07) is 13.2. The van der Waals surface area contributed by atoms with Gasteiger partial charge in [0, 0.05) is 10.5 Å². The van der Waals surface area contributed by atoms with Gasteiger partial charge in [-0.3, -0.25) is 9.69 Å². The van der Waals surface area contributed by atoms with E-state index in [2.05, 4.69) is 0 Å². The van der Waals surface area contributed by atoms with Crippen LogP contribution >= 0.6 is 35.7 Å². The molecule has 0 bridgehead atoms. The number of ether oxygens (including phenoxy) is 2. The Morgan fingerprint density at radius 3 is 2.65 bits per heavy atom. The summed E-state index contributed by atoms with van der Waals surface area (Å²) >= 11 is 8.35. The van der Waals surface area contributed by atoms with E-state index in [-0.39, 0.29) is 5.91 Å². The van der Waals surface area contributed by atoms with Crippen molar-refractivity contribution in [3.05, 3.63) is 52.9 Å². The molecule has 1 heterocycles. The third kappa shape index (κ3) is 3.75. The summed E-state index contributed by atoms with van der Waals surface area (Å²) in [5.41, 5.74) is 1.55. The molecular formula is C19H17NO3S3. The minimum atomic E-state index is -0.136. The van der Waals surface area contributed by atoms with Crippen molar-refractivity contribution < 1.29 is 14.3 Å². The molecule has 2 aromatic rings. The first-order chi connectivity index (χ1) is 12.6. The number of nitrogens with zero attached hydrogens (tertiary/aromatic N) is 1. The van der Waals surface area contributed by atoms with Gasteiger partial charge in [0.05, 0.1) is 24.8 Å². The van der Waals surface area contributed by atoms with Crippen LogP contribution in [-0.2, 0) is 4.79 Å².